The number of β-amino-alcohol motifs (C(OH)–C–C–N with tert-alkyl or cyclic N) is 1. The van der Waals surface area contributed by atoms with Gasteiger partial charge in [0.1, 0.15) is 0 Å². The van der Waals surface area contributed by atoms with Gasteiger partial charge in [-0.15, -0.1) is 0 Å². The maximum atomic E-state index is 12.6. The molecule has 3 rings (SSSR count). The van der Waals surface area contributed by atoms with Crippen molar-refractivity contribution in [3.05, 3.63) is 53.9 Å². The fraction of sp³-hybridized carbons (Fsp3) is 0.500. The number of hydrogen-bond donors (Lipinski definition) is 2. The Morgan fingerprint density at radius 3 is 2.77 bits per heavy atom. The van der Waals surface area contributed by atoms with E-state index in [9.17, 15) is 9.90 Å². The molecule has 1 aliphatic heterocycles. The summed E-state index contributed by atoms with van der Waals surface area (Å²) in [5, 5.41) is 17.7. The zero-order chi connectivity index (χ0) is 18.6. The number of aliphatic hydroxyl groups is 1. The molecule has 0 spiro atoms. The van der Waals surface area contributed by atoms with Crippen LogP contribution in [0.4, 0.5) is 0 Å². The summed E-state index contributed by atoms with van der Waals surface area (Å²) >= 11 is 0. The number of nitrogens with zero attached hydrogens (tertiary/aromatic N) is 3. The van der Waals surface area contributed by atoms with Crippen LogP contribution in [-0.2, 0) is 16.8 Å². The highest BCUT2D eigenvalue weighted by molar-refractivity contribution is 5.76. The number of amides is 1. The SMILES string of the molecule is CN(C)[C@]1(c2ccccc2)CCN(C(=O)CCCc2cn[nH]c2)C[C@H]1O. The number of aromatic amines is 1. The van der Waals surface area contributed by atoms with Crippen molar-refractivity contribution in [2.75, 3.05) is 27.2 Å². The smallest absolute Gasteiger partial charge is 0.222 e. The molecule has 6 nitrogen and oxygen atoms in total. The van der Waals surface area contributed by atoms with Crippen molar-refractivity contribution < 1.29 is 9.90 Å². The molecule has 2 heterocycles. The molecule has 1 amide bonds. The van der Waals surface area contributed by atoms with Crippen LogP contribution in [0, 0.1) is 0 Å². The van der Waals surface area contributed by atoms with Gasteiger partial charge in [0.05, 0.1) is 17.8 Å². The van der Waals surface area contributed by atoms with Gasteiger partial charge in [0.15, 0.2) is 0 Å². The van der Waals surface area contributed by atoms with Crippen molar-refractivity contribution in [3.8, 4) is 0 Å². The molecular formula is C20H28N4O2. The van der Waals surface area contributed by atoms with E-state index in [0.717, 1.165) is 30.4 Å². The molecule has 0 saturated carbocycles. The Morgan fingerprint density at radius 1 is 1.38 bits per heavy atom. The molecule has 2 N–H and O–H groups in total. The Hall–Kier alpha value is -2.18. The second-order valence-electron chi connectivity index (χ2n) is 7.25. The zero-order valence-corrected chi connectivity index (χ0v) is 15.6. The molecule has 1 saturated heterocycles. The quantitative estimate of drug-likeness (QED) is 0.828. The van der Waals surface area contributed by atoms with Crippen molar-refractivity contribution >= 4 is 5.91 Å². The molecule has 1 aromatic carbocycles. The summed E-state index contributed by atoms with van der Waals surface area (Å²) in [4.78, 5) is 16.5. The van der Waals surface area contributed by atoms with E-state index in [4.69, 9.17) is 0 Å². The molecule has 1 fully saturated rings. The van der Waals surface area contributed by atoms with E-state index in [-0.39, 0.29) is 5.91 Å². The Kier molecular flexibility index (Phi) is 5.74. The lowest BCUT2D eigenvalue weighted by Gasteiger charge is -2.49. The summed E-state index contributed by atoms with van der Waals surface area (Å²) in [7, 11) is 4.00. The van der Waals surface area contributed by atoms with E-state index < -0.39 is 11.6 Å². The number of benzene rings is 1. The Bertz CT molecular complexity index is 702. The lowest BCUT2D eigenvalue weighted by atomic mass is 9.77. The predicted molar refractivity (Wildman–Crippen MR) is 101 cm³/mol. The number of carbonyl (C=O) groups excluding carboxylic acids is 1. The normalized spacial score (nSPS) is 23.4. The van der Waals surface area contributed by atoms with Gasteiger partial charge in [-0.3, -0.25) is 14.8 Å². The average Bonchev–Trinajstić information content (AvgIpc) is 3.15. The van der Waals surface area contributed by atoms with Crippen molar-refractivity contribution in [1.82, 2.24) is 20.0 Å². The van der Waals surface area contributed by atoms with Crippen molar-refractivity contribution in [2.45, 2.75) is 37.3 Å². The number of rotatable bonds is 6. The number of likely N-dealkylation sites (tertiary alicyclic amines) is 1. The van der Waals surface area contributed by atoms with Gasteiger partial charge in [-0.25, -0.2) is 0 Å². The number of carbonyl (C=O) groups is 1. The number of hydrogen-bond acceptors (Lipinski definition) is 4. The van der Waals surface area contributed by atoms with Crippen LogP contribution in [0.2, 0.25) is 0 Å². The lowest BCUT2D eigenvalue weighted by molar-refractivity contribution is -0.140. The third-order valence-corrected chi connectivity index (χ3v) is 5.54. The van der Waals surface area contributed by atoms with Crippen LogP contribution in [0.3, 0.4) is 0 Å². The number of aryl methyl sites for hydroxylation is 1. The highest BCUT2D eigenvalue weighted by Crippen LogP contribution is 2.37. The van der Waals surface area contributed by atoms with E-state index >= 15 is 0 Å². The van der Waals surface area contributed by atoms with E-state index in [1.165, 1.54) is 0 Å². The third-order valence-electron chi connectivity index (χ3n) is 5.54. The molecule has 2 aromatic rings. The van der Waals surface area contributed by atoms with E-state index in [1.807, 2.05) is 43.4 Å². The fourth-order valence-electron chi connectivity index (χ4n) is 4.01. The lowest BCUT2D eigenvalue weighted by Crippen LogP contribution is -2.60. The summed E-state index contributed by atoms with van der Waals surface area (Å²) in [6.45, 7) is 1.03. The summed E-state index contributed by atoms with van der Waals surface area (Å²) in [5.41, 5.74) is 1.77. The summed E-state index contributed by atoms with van der Waals surface area (Å²) in [5.74, 6) is 0.118. The summed E-state index contributed by atoms with van der Waals surface area (Å²) in [6.07, 6.45) is 5.89. The van der Waals surface area contributed by atoms with E-state index in [1.54, 1.807) is 6.20 Å². The number of H-pyrrole nitrogens is 1. The fourth-order valence-corrected chi connectivity index (χ4v) is 4.01. The zero-order valence-electron chi connectivity index (χ0n) is 15.6. The van der Waals surface area contributed by atoms with Crippen molar-refractivity contribution in [3.63, 3.8) is 0 Å². The Labute approximate surface area is 154 Å². The number of aliphatic hydroxyl groups excluding tert-OH is 1. The first-order valence-corrected chi connectivity index (χ1v) is 9.20. The molecule has 1 aromatic heterocycles. The summed E-state index contributed by atoms with van der Waals surface area (Å²) in [6, 6.07) is 10.1. The van der Waals surface area contributed by atoms with Gasteiger partial charge in [0.2, 0.25) is 5.91 Å². The van der Waals surface area contributed by atoms with Crippen LogP contribution >= 0.6 is 0 Å². The van der Waals surface area contributed by atoms with Crippen LogP contribution in [0.25, 0.3) is 0 Å². The molecule has 2 atom stereocenters. The molecule has 0 aliphatic carbocycles. The predicted octanol–water partition coefficient (Wildman–Crippen LogP) is 1.78. The van der Waals surface area contributed by atoms with Crippen LogP contribution in [-0.4, -0.2) is 64.3 Å². The largest absolute Gasteiger partial charge is 0.389 e. The number of piperidine rings is 1. The molecular weight excluding hydrogens is 328 g/mol. The minimum Gasteiger partial charge on any atom is -0.389 e. The van der Waals surface area contributed by atoms with Crippen LogP contribution in [0.1, 0.15) is 30.4 Å². The van der Waals surface area contributed by atoms with Gasteiger partial charge in [-0.05, 0) is 44.5 Å². The van der Waals surface area contributed by atoms with Gasteiger partial charge in [0, 0.05) is 25.7 Å². The molecule has 0 unspecified atom stereocenters. The number of likely N-dealkylation sites (N-methyl/N-ethyl adjacent to an activating group) is 1. The highest BCUT2D eigenvalue weighted by atomic mass is 16.3. The van der Waals surface area contributed by atoms with Gasteiger partial charge in [-0.2, -0.15) is 5.10 Å². The molecule has 0 bridgehead atoms. The van der Waals surface area contributed by atoms with Crippen LogP contribution in [0.15, 0.2) is 42.7 Å². The monoisotopic (exact) mass is 356 g/mol. The second kappa shape index (κ2) is 8.01. The maximum absolute atomic E-state index is 12.6. The van der Waals surface area contributed by atoms with Gasteiger partial charge in [0.25, 0.3) is 0 Å². The van der Waals surface area contributed by atoms with Gasteiger partial charge < -0.3 is 10.0 Å². The minimum atomic E-state index is -0.619. The third kappa shape index (κ3) is 3.66. The Balaban J connectivity index is 1.62. The van der Waals surface area contributed by atoms with Gasteiger partial charge in [-0.1, -0.05) is 30.3 Å². The molecule has 6 heteroatoms. The van der Waals surface area contributed by atoms with Crippen molar-refractivity contribution in [1.29, 1.82) is 0 Å². The van der Waals surface area contributed by atoms with E-state index in [0.29, 0.717) is 19.5 Å². The van der Waals surface area contributed by atoms with E-state index in [2.05, 4.69) is 27.2 Å². The van der Waals surface area contributed by atoms with Crippen molar-refractivity contribution in [2.24, 2.45) is 0 Å². The molecule has 0 radical (unpaired) electrons. The summed E-state index contributed by atoms with van der Waals surface area (Å²) < 4.78 is 0. The highest BCUT2D eigenvalue weighted by Gasteiger charge is 2.46. The number of nitrogens with one attached hydrogen (secondary N) is 1. The Morgan fingerprint density at radius 2 is 2.15 bits per heavy atom. The first-order chi connectivity index (χ1) is 12.5. The molecule has 140 valence electrons. The molecule has 26 heavy (non-hydrogen) atoms. The standard InChI is InChI=1S/C20H28N4O2/c1-23(2)20(17-8-4-3-5-9-17)11-12-24(15-18(20)25)19(26)10-6-7-16-13-21-22-14-16/h3-5,8-9,13-14,18,25H,6-7,10-12,15H2,1-2H3,(H,21,22)/t18-,20+/m1/s1. The number of aromatic nitrogens is 2. The first kappa shape index (κ1) is 18.6. The molecule has 1 aliphatic rings. The first-order valence-electron chi connectivity index (χ1n) is 9.20. The topological polar surface area (TPSA) is 72.5 Å². The average molecular weight is 356 g/mol. The second-order valence-corrected chi connectivity index (χ2v) is 7.25. The maximum Gasteiger partial charge on any atom is 0.222 e. The minimum absolute atomic E-state index is 0.118. The van der Waals surface area contributed by atoms with Crippen LogP contribution in [0.5, 0.6) is 0 Å². The van der Waals surface area contributed by atoms with Crippen LogP contribution < -0.4 is 0 Å². The van der Waals surface area contributed by atoms with Gasteiger partial charge >= 0.3 is 0 Å².